The van der Waals surface area contributed by atoms with Gasteiger partial charge in [-0.3, -0.25) is 4.79 Å². The van der Waals surface area contributed by atoms with Crippen LogP contribution in [0, 0.1) is 0 Å². The summed E-state index contributed by atoms with van der Waals surface area (Å²) in [6, 6.07) is 3.47. The van der Waals surface area contributed by atoms with Gasteiger partial charge in [-0.05, 0) is 18.6 Å². The lowest BCUT2D eigenvalue weighted by Gasteiger charge is -2.04. The van der Waals surface area contributed by atoms with E-state index in [2.05, 4.69) is 19.1 Å². The van der Waals surface area contributed by atoms with E-state index in [0.717, 1.165) is 12.2 Å². The van der Waals surface area contributed by atoms with Gasteiger partial charge in [-0.2, -0.15) is 11.8 Å². The van der Waals surface area contributed by atoms with Gasteiger partial charge in [0.25, 0.3) is 0 Å². The summed E-state index contributed by atoms with van der Waals surface area (Å²) < 4.78 is 0. The van der Waals surface area contributed by atoms with Crippen LogP contribution < -0.4 is 5.73 Å². The Morgan fingerprint density at radius 1 is 1.60 bits per heavy atom. The summed E-state index contributed by atoms with van der Waals surface area (Å²) in [5, 5.41) is 8.59. The van der Waals surface area contributed by atoms with Crippen LogP contribution in [0.3, 0.4) is 0 Å². The van der Waals surface area contributed by atoms with Gasteiger partial charge in [0.05, 0.1) is 0 Å². The third-order valence-corrected chi connectivity index (χ3v) is 4.45. The first-order valence-electron chi connectivity index (χ1n) is 4.77. The number of nitrogens with two attached hydrogens (primary N) is 1. The van der Waals surface area contributed by atoms with Crippen LogP contribution in [-0.2, 0) is 17.0 Å². The van der Waals surface area contributed by atoms with Crippen molar-refractivity contribution in [3.8, 4) is 0 Å². The molecule has 1 aromatic heterocycles. The molecule has 0 saturated carbocycles. The second-order valence-electron chi connectivity index (χ2n) is 3.18. The number of rotatable bonds is 6. The van der Waals surface area contributed by atoms with Crippen LogP contribution in [0.5, 0.6) is 0 Å². The fraction of sp³-hybridized carbons (Fsp3) is 0.500. The van der Waals surface area contributed by atoms with Gasteiger partial charge < -0.3 is 10.8 Å². The van der Waals surface area contributed by atoms with E-state index in [1.807, 2.05) is 0 Å². The summed E-state index contributed by atoms with van der Waals surface area (Å²) in [4.78, 5) is 13.1. The molecular weight excluding hydrogens is 230 g/mol. The standard InChI is InChI=1S/C10H15NO2S2/c1-2-7-3-4-8(15-7)5-14-6-9(11)10(12)13/h3-4,9H,2,5-6,11H2,1H3,(H,12,13). The molecule has 0 amide bonds. The number of thiophene rings is 1. The molecule has 84 valence electrons. The Morgan fingerprint density at radius 3 is 2.80 bits per heavy atom. The third kappa shape index (κ3) is 4.24. The van der Waals surface area contributed by atoms with Crippen molar-refractivity contribution < 1.29 is 9.90 Å². The van der Waals surface area contributed by atoms with E-state index >= 15 is 0 Å². The van der Waals surface area contributed by atoms with E-state index < -0.39 is 12.0 Å². The number of carbonyl (C=O) groups is 1. The minimum atomic E-state index is -0.928. The first kappa shape index (κ1) is 12.5. The molecule has 1 heterocycles. The quantitative estimate of drug-likeness (QED) is 0.804. The predicted molar refractivity (Wildman–Crippen MR) is 65.5 cm³/mol. The van der Waals surface area contributed by atoms with Crippen LogP contribution in [0.4, 0.5) is 0 Å². The van der Waals surface area contributed by atoms with Gasteiger partial charge in [0, 0.05) is 21.3 Å². The zero-order valence-electron chi connectivity index (χ0n) is 8.60. The lowest BCUT2D eigenvalue weighted by molar-refractivity contribution is -0.137. The van der Waals surface area contributed by atoms with E-state index in [9.17, 15) is 4.79 Å². The molecule has 0 aliphatic rings. The summed E-state index contributed by atoms with van der Waals surface area (Å²) in [6.45, 7) is 2.13. The maximum Gasteiger partial charge on any atom is 0.321 e. The highest BCUT2D eigenvalue weighted by atomic mass is 32.2. The van der Waals surface area contributed by atoms with Gasteiger partial charge in [0.2, 0.25) is 0 Å². The summed E-state index contributed by atoms with van der Waals surface area (Å²) in [5.41, 5.74) is 5.40. The van der Waals surface area contributed by atoms with Crippen LogP contribution in [-0.4, -0.2) is 22.9 Å². The molecule has 0 saturated heterocycles. The summed E-state index contributed by atoms with van der Waals surface area (Å²) in [6.07, 6.45) is 1.06. The Labute approximate surface area is 97.7 Å². The third-order valence-electron chi connectivity index (χ3n) is 1.92. The zero-order chi connectivity index (χ0) is 11.3. The fourth-order valence-corrected chi connectivity index (χ4v) is 3.10. The lowest BCUT2D eigenvalue weighted by Crippen LogP contribution is -2.32. The molecule has 1 rings (SSSR count). The van der Waals surface area contributed by atoms with Crippen molar-refractivity contribution in [2.45, 2.75) is 25.1 Å². The second kappa shape index (κ2) is 6.15. The monoisotopic (exact) mass is 245 g/mol. The average molecular weight is 245 g/mol. The van der Waals surface area contributed by atoms with Gasteiger partial charge in [-0.25, -0.2) is 0 Å². The molecule has 0 aromatic carbocycles. The highest BCUT2D eigenvalue weighted by Gasteiger charge is 2.11. The van der Waals surface area contributed by atoms with Gasteiger partial charge >= 0.3 is 5.97 Å². The van der Waals surface area contributed by atoms with Gasteiger partial charge in [0.1, 0.15) is 6.04 Å². The van der Waals surface area contributed by atoms with Crippen molar-refractivity contribution in [1.29, 1.82) is 0 Å². The molecule has 5 heteroatoms. The largest absolute Gasteiger partial charge is 0.480 e. The molecule has 0 radical (unpaired) electrons. The Morgan fingerprint density at radius 2 is 2.27 bits per heavy atom. The Kier molecular flexibility index (Phi) is 5.14. The predicted octanol–water partition coefficient (Wildman–Crippen LogP) is 1.96. The van der Waals surface area contributed by atoms with Crippen molar-refractivity contribution in [3.63, 3.8) is 0 Å². The van der Waals surface area contributed by atoms with Crippen molar-refractivity contribution in [1.82, 2.24) is 0 Å². The molecule has 1 atom stereocenters. The maximum atomic E-state index is 10.5. The van der Waals surface area contributed by atoms with Crippen LogP contribution >= 0.6 is 23.1 Å². The summed E-state index contributed by atoms with van der Waals surface area (Å²) in [5.74, 6) is 0.392. The minimum Gasteiger partial charge on any atom is -0.480 e. The highest BCUT2D eigenvalue weighted by molar-refractivity contribution is 7.98. The van der Waals surface area contributed by atoms with E-state index in [4.69, 9.17) is 10.8 Å². The minimum absolute atomic E-state index is 0.467. The van der Waals surface area contributed by atoms with Gasteiger partial charge in [-0.15, -0.1) is 11.3 Å². The van der Waals surface area contributed by atoms with Gasteiger partial charge in [-0.1, -0.05) is 6.92 Å². The number of hydrogen-bond donors (Lipinski definition) is 2. The molecular formula is C10H15NO2S2. The molecule has 1 unspecified atom stereocenters. The molecule has 0 bridgehead atoms. The zero-order valence-corrected chi connectivity index (χ0v) is 10.2. The van der Waals surface area contributed by atoms with Crippen molar-refractivity contribution in [2.75, 3.05) is 5.75 Å². The molecule has 0 aliphatic carbocycles. The smallest absolute Gasteiger partial charge is 0.321 e. The topological polar surface area (TPSA) is 63.3 Å². The van der Waals surface area contributed by atoms with E-state index in [1.54, 1.807) is 23.1 Å². The molecule has 0 spiro atoms. The van der Waals surface area contributed by atoms with Crippen LogP contribution in [0.2, 0.25) is 0 Å². The maximum absolute atomic E-state index is 10.5. The second-order valence-corrected chi connectivity index (χ2v) is 5.46. The van der Waals surface area contributed by atoms with Crippen LogP contribution in [0.15, 0.2) is 12.1 Å². The molecule has 0 fully saturated rings. The summed E-state index contributed by atoms with van der Waals surface area (Å²) in [7, 11) is 0. The first-order chi connectivity index (χ1) is 7.13. The normalized spacial score (nSPS) is 12.7. The van der Waals surface area contributed by atoms with E-state index in [1.165, 1.54) is 9.75 Å². The van der Waals surface area contributed by atoms with E-state index in [-0.39, 0.29) is 0 Å². The number of thioether (sulfide) groups is 1. The molecule has 3 N–H and O–H groups in total. The molecule has 3 nitrogen and oxygen atoms in total. The SMILES string of the molecule is CCc1ccc(CSCC(N)C(=O)O)s1. The number of aryl methyl sites for hydroxylation is 1. The fourth-order valence-electron chi connectivity index (χ4n) is 1.05. The van der Waals surface area contributed by atoms with Crippen LogP contribution in [0.1, 0.15) is 16.7 Å². The Balaban J connectivity index is 2.28. The van der Waals surface area contributed by atoms with Gasteiger partial charge in [0.15, 0.2) is 0 Å². The number of hydrogen-bond acceptors (Lipinski definition) is 4. The van der Waals surface area contributed by atoms with Crippen molar-refractivity contribution in [2.24, 2.45) is 5.73 Å². The number of carboxylic acids is 1. The Bertz CT molecular complexity index is 325. The number of aliphatic carboxylic acids is 1. The van der Waals surface area contributed by atoms with Crippen molar-refractivity contribution in [3.05, 3.63) is 21.9 Å². The van der Waals surface area contributed by atoms with Crippen LogP contribution in [0.25, 0.3) is 0 Å². The first-order valence-corrected chi connectivity index (χ1v) is 6.74. The number of carboxylic acid groups (broad SMARTS) is 1. The van der Waals surface area contributed by atoms with E-state index in [0.29, 0.717) is 5.75 Å². The molecule has 1 aromatic rings. The molecule has 0 aliphatic heterocycles. The summed E-state index contributed by atoms with van der Waals surface area (Å²) >= 11 is 3.36. The average Bonchev–Trinajstić information content (AvgIpc) is 2.65. The lowest BCUT2D eigenvalue weighted by atomic mass is 10.4. The highest BCUT2D eigenvalue weighted by Crippen LogP contribution is 2.22. The Hall–Kier alpha value is -0.520. The molecule has 15 heavy (non-hydrogen) atoms. The van der Waals surface area contributed by atoms with Crippen molar-refractivity contribution >= 4 is 29.1 Å².